The van der Waals surface area contributed by atoms with E-state index < -0.39 is 0 Å². The van der Waals surface area contributed by atoms with E-state index in [2.05, 4.69) is 42.9 Å². The first kappa shape index (κ1) is 8.32. The van der Waals surface area contributed by atoms with Gasteiger partial charge in [0.25, 0.3) is 0 Å². The molecule has 0 heterocycles. The van der Waals surface area contributed by atoms with Gasteiger partial charge >= 0.3 is 0 Å². The van der Waals surface area contributed by atoms with Crippen molar-refractivity contribution in [3.05, 3.63) is 42.9 Å². The summed E-state index contributed by atoms with van der Waals surface area (Å²) in [6.07, 6.45) is 20.0. The summed E-state index contributed by atoms with van der Waals surface area (Å²) in [4.78, 5) is 0. The van der Waals surface area contributed by atoms with Crippen LogP contribution in [0.4, 0.5) is 0 Å². The van der Waals surface area contributed by atoms with Crippen LogP contribution in [-0.2, 0) is 0 Å². The molecule has 0 spiro atoms. The zero-order valence-corrected chi connectivity index (χ0v) is 6.87. The molecule has 0 heteroatoms. The SMILES string of the molecule is [CH]1/C=C\C/C=C\C=C/CCC1. The van der Waals surface area contributed by atoms with Gasteiger partial charge < -0.3 is 0 Å². The molecule has 1 rings (SSSR count). The van der Waals surface area contributed by atoms with Crippen LogP contribution in [-0.4, -0.2) is 0 Å². The number of hydrogen-bond acceptors (Lipinski definition) is 0. The fraction of sp³-hybridized carbons (Fsp3) is 0.364. The molecule has 1 radical (unpaired) electrons. The monoisotopic (exact) mass is 147 g/mol. The maximum atomic E-state index is 2.24. The molecule has 0 aromatic carbocycles. The summed E-state index contributed by atoms with van der Waals surface area (Å²) in [5.74, 6) is 0. The first-order valence-electron chi connectivity index (χ1n) is 4.30. The van der Waals surface area contributed by atoms with Crippen molar-refractivity contribution in [2.45, 2.75) is 25.7 Å². The Hall–Kier alpha value is -0.780. The van der Waals surface area contributed by atoms with Gasteiger partial charge in [-0.2, -0.15) is 0 Å². The molecule has 0 aliphatic heterocycles. The molecule has 0 aromatic heterocycles. The van der Waals surface area contributed by atoms with E-state index in [-0.39, 0.29) is 0 Å². The molecule has 0 saturated heterocycles. The average molecular weight is 147 g/mol. The van der Waals surface area contributed by atoms with Crippen LogP contribution in [0.2, 0.25) is 0 Å². The predicted octanol–water partition coefficient (Wildman–Crippen LogP) is 3.43. The smallest absolute Gasteiger partial charge is 0.0166 e. The molecular weight excluding hydrogens is 132 g/mol. The van der Waals surface area contributed by atoms with Crippen LogP contribution in [0.5, 0.6) is 0 Å². The lowest BCUT2D eigenvalue weighted by Gasteiger charge is -1.90. The Morgan fingerprint density at radius 2 is 1.55 bits per heavy atom. The molecule has 59 valence electrons. The highest BCUT2D eigenvalue weighted by Crippen LogP contribution is 2.02. The van der Waals surface area contributed by atoms with Gasteiger partial charge in [0, 0.05) is 0 Å². The second-order valence-electron chi connectivity index (χ2n) is 2.69. The lowest BCUT2D eigenvalue weighted by Crippen LogP contribution is -1.72. The second kappa shape index (κ2) is 5.96. The average Bonchev–Trinajstić information content (AvgIpc) is 2.08. The Kier molecular flexibility index (Phi) is 4.51. The van der Waals surface area contributed by atoms with Gasteiger partial charge in [0.15, 0.2) is 0 Å². The van der Waals surface area contributed by atoms with Crippen LogP contribution in [0.25, 0.3) is 0 Å². The Morgan fingerprint density at radius 3 is 2.55 bits per heavy atom. The lowest BCUT2D eigenvalue weighted by atomic mass is 10.2. The van der Waals surface area contributed by atoms with Gasteiger partial charge in [-0.15, -0.1) is 0 Å². The van der Waals surface area contributed by atoms with Gasteiger partial charge in [-0.25, -0.2) is 0 Å². The molecule has 1 aliphatic rings. The summed E-state index contributed by atoms with van der Waals surface area (Å²) in [7, 11) is 0. The van der Waals surface area contributed by atoms with Crippen molar-refractivity contribution in [2.24, 2.45) is 0 Å². The fourth-order valence-electron chi connectivity index (χ4n) is 1.04. The molecule has 1 aliphatic carbocycles. The maximum absolute atomic E-state index is 2.24. The van der Waals surface area contributed by atoms with E-state index in [1.165, 1.54) is 19.3 Å². The van der Waals surface area contributed by atoms with Crippen LogP contribution in [0, 0.1) is 6.42 Å². The van der Waals surface area contributed by atoms with Gasteiger partial charge in [-0.3, -0.25) is 0 Å². The molecule has 0 atom stereocenters. The third kappa shape index (κ3) is 4.60. The van der Waals surface area contributed by atoms with E-state index in [1.807, 2.05) is 0 Å². The van der Waals surface area contributed by atoms with Crippen LogP contribution in [0.1, 0.15) is 25.7 Å². The van der Waals surface area contributed by atoms with Gasteiger partial charge in [0.2, 0.25) is 0 Å². The van der Waals surface area contributed by atoms with E-state index >= 15 is 0 Å². The van der Waals surface area contributed by atoms with Crippen molar-refractivity contribution in [3.63, 3.8) is 0 Å². The minimum atomic E-state index is 1.06. The quantitative estimate of drug-likeness (QED) is 0.492. The Balaban J connectivity index is 2.35. The summed E-state index contributed by atoms with van der Waals surface area (Å²) in [5.41, 5.74) is 0. The molecule has 0 bridgehead atoms. The molecule has 11 heavy (non-hydrogen) atoms. The highest BCUT2D eigenvalue weighted by molar-refractivity contribution is 5.07. The highest BCUT2D eigenvalue weighted by Gasteiger charge is 1.83. The third-order valence-corrected chi connectivity index (χ3v) is 1.67. The molecule has 0 aromatic rings. The van der Waals surface area contributed by atoms with Crippen molar-refractivity contribution < 1.29 is 0 Å². The van der Waals surface area contributed by atoms with Crippen molar-refractivity contribution >= 4 is 0 Å². The number of allylic oxidation sites excluding steroid dienone is 6. The van der Waals surface area contributed by atoms with E-state index in [9.17, 15) is 0 Å². The van der Waals surface area contributed by atoms with Crippen molar-refractivity contribution in [1.29, 1.82) is 0 Å². The van der Waals surface area contributed by atoms with Gasteiger partial charge in [0.1, 0.15) is 0 Å². The van der Waals surface area contributed by atoms with Crippen LogP contribution in [0.15, 0.2) is 36.5 Å². The maximum Gasteiger partial charge on any atom is -0.0166 e. The summed E-state index contributed by atoms with van der Waals surface area (Å²) in [5, 5.41) is 0. The molecule has 0 fully saturated rings. The van der Waals surface area contributed by atoms with E-state index in [1.54, 1.807) is 0 Å². The molecule has 0 amide bonds. The zero-order valence-electron chi connectivity index (χ0n) is 6.87. The summed E-state index contributed by atoms with van der Waals surface area (Å²) < 4.78 is 0. The molecule has 0 N–H and O–H groups in total. The lowest BCUT2D eigenvalue weighted by molar-refractivity contribution is 0.843. The minimum Gasteiger partial charge on any atom is -0.0845 e. The Bertz CT molecular complexity index is 161. The van der Waals surface area contributed by atoms with Gasteiger partial charge in [-0.05, 0) is 32.1 Å². The van der Waals surface area contributed by atoms with Crippen molar-refractivity contribution in [3.8, 4) is 0 Å². The van der Waals surface area contributed by atoms with E-state index in [0.29, 0.717) is 0 Å². The minimum absolute atomic E-state index is 1.06. The van der Waals surface area contributed by atoms with Crippen LogP contribution < -0.4 is 0 Å². The van der Waals surface area contributed by atoms with Crippen LogP contribution >= 0.6 is 0 Å². The number of hydrogen-bond donors (Lipinski definition) is 0. The standard InChI is InChI=1S/C11H15/c1-2-4-6-8-10-11-9-7-5-3-1/h1-4,7,9,11H,5-6,8,10H2/b3-1-,4-2-,9-7-. The topological polar surface area (TPSA) is 0 Å². The van der Waals surface area contributed by atoms with Gasteiger partial charge in [-0.1, -0.05) is 36.5 Å². The summed E-state index contributed by atoms with van der Waals surface area (Å²) in [6, 6.07) is 0. The van der Waals surface area contributed by atoms with E-state index in [4.69, 9.17) is 0 Å². The second-order valence-corrected chi connectivity index (χ2v) is 2.69. The third-order valence-electron chi connectivity index (χ3n) is 1.67. The largest absolute Gasteiger partial charge is 0.0845 e. The van der Waals surface area contributed by atoms with Crippen molar-refractivity contribution in [1.82, 2.24) is 0 Å². The first-order chi connectivity index (χ1) is 5.50. The molecular formula is C11H15. The predicted molar refractivity (Wildman–Crippen MR) is 50.2 cm³/mol. The van der Waals surface area contributed by atoms with Crippen molar-refractivity contribution in [2.75, 3.05) is 0 Å². The van der Waals surface area contributed by atoms with E-state index in [0.717, 1.165) is 6.42 Å². The fourth-order valence-corrected chi connectivity index (χ4v) is 1.04. The van der Waals surface area contributed by atoms with Crippen LogP contribution in [0.3, 0.4) is 0 Å². The first-order valence-corrected chi connectivity index (χ1v) is 4.30. The number of rotatable bonds is 0. The summed E-state index contributed by atoms with van der Waals surface area (Å²) >= 11 is 0. The normalized spacial score (nSPS) is 28.4. The van der Waals surface area contributed by atoms with Gasteiger partial charge in [0.05, 0.1) is 0 Å². The summed E-state index contributed by atoms with van der Waals surface area (Å²) in [6.45, 7) is 0. The molecule has 0 saturated carbocycles. The zero-order chi connectivity index (χ0) is 7.78. The highest BCUT2D eigenvalue weighted by atomic mass is 13.9. The Morgan fingerprint density at radius 1 is 0.727 bits per heavy atom. The molecule has 0 unspecified atom stereocenters. The Labute approximate surface area is 69.3 Å². The molecule has 0 nitrogen and oxygen atoms in total.